The van der Waals surface area contributed by atoms with E-state index in [9.17, 15) is 22.8 Å². The first-order valence-corrected chi connectivity index (χ1v) is 9.18. The summed E-state index contributed by atoms with van der Waals surface area (Å²) in [7, 11) is 0. The number of benzene rings is 2. The van der Waals surface area contributed by atoms with Crippen LogP contribution in [0, 0.1) is 17.5 Å². The van der Waals surface area contributed by atoms with Gasteiger partial charge in [0.05, 0.1) is 29.0 Å². The molecule has 146 valence electrons. The quantitative estimate of drug-likeness (QED) is 0.414. The highest BCUT2D eigenvalue weighted by Gasteiger charge is 2.15. The average molecular weight is 429 g/mol. The van der Waals surface area contributed by atoms with Crippen LogP contribution in [0.15, 0.2) is 35.5 Å². The Bertz CT molecular complexity index is 1060. The monoisotopic (exact) mass is 428 g/mol. The molecule has 0 fully saturated rings. The number of rotatable bonds is 6. The summed E-state index contributed by atoms with van der Waals surface area (Å²) in [5.74, 6) is -5.86. The van der Waals surface area contributed by atoms with Gasteiger partial charge in [0.25, 0.3) is 0 Å². The largest absolute Gasteiger partial charge is 0.346 e. The van der Waals surface area contributed by atoms with E-state index in [1.165, 1.54) is 0 Å². The highest BCUT2D eigenvalue weighted by Crippen LogP contribution is 2.22. The average Bonchev–Trinajstić information content (AvgIpc) is 3.07. The van der Waals surface area contributed by atoms with Crippen molar-refractivity contribution in [1.29, 1.82) is 0 Å². The normalized spacial score (nSPS) is 10.9. The van der Waals surface area contributed by atoms with Gasteiger partial charge in [-0.15, -0.1) is 0 Å². The minimum atomic E-state index is -1.69. The second kappa shape index (κ2) is 8.53. The second-order valence-electron chi connectivity index (χ2n) is 5.54. The Balaban J connectivity index is 1.48. The summed E-state index contributed by atoms with van der Waals surface area (Å²) in [5.41, 5.74) is 0.900. The summed E-state index contributed by atoms with van der Waals surface area (Å²) < 4.78 is 39.5. The van der Waals surface area contributed by atoms with Crippen LogP contribution in [-0.4, -0.2) is 34.1 Å². The fourth-order valence-corrected chi connectivity index (χ4v) is 3.09. The Labute approximate surface area is 165 Å². The third kappa shape index (κ3) is 4.76. The van der Waals surface area contributed by atoms with Crippen molar-refractivity contribution in [1.82, 2.24) is 15.3 Å². The van der Waals surface area contributed by atoms with Crippen LogP contribution >= 0.6 is 23.4 Å². The lowest BCUT2D eigenvalue weighted by atomic mass is 10.2. The van der Waals surface area contributed by atoms with Gasteiger partial charge < -0.3 is 15.6 Å². The summed E-state index contributed by atoms with van der Waals surface area (Å²) in [6.07, 6.45) is 0. The molecule has 0 aliphatic heterocycles. The van der Waals surface area contributed by atoms with Crippen molar-refractivity contribution in [3.63, 3.8) is 0 Å². The lowest BCUT2D eigenvalue weighted by molar-refractivity contribution is -0.122. The van der Waals surface area contributed by atoms with Gasteiger partial charge in [-0.2, -0.15) is 0 Å². The van der Waals surface area contributed by atoms with Gasteiger partial charge in [-0.3, -0.25) is 9.59 Å². The first-order chi connectivity index (χ1) is 13.3. The Morgan fingerprint density at radius 1 is 1.11 bits per heavy atom. The molecule has 1 aromatic heterocycles. The zero-order valence-electron chi connectivity index (χ0n) is 14.0. The number of hydrogen-bond donors (Lipinski definition) is 3. The highest BCUT2D eigenvalue weighted by molar-refractivity contribution is 7.99. The maximum Gasteiger partial charge on any atom is 0.243 e. The molecule has 28 heavy (non-hydrogen) atoms. The molecule has 2 amide bonds. The van der Waals surface area contributed by atoms with Crippen LogP contribution in [0.5, 0.6) is 0 Å². The number of hydrogen-bond acceptors (Lipinski definition) is 4. The molecule has 0 aliphatic carbocycles. The summed E-state index contributed by atoms with van der Waals surface area (Å²) in [6, 6.07) is 6.71. The molecule has 0 spiro atoms. The Hall–Kier alpha value is -2.72. The van der Waals surface area contributed by atoms with Crippen molar-refractivity contribution in [3.8, 4) is 0 Å². The number of imidazole rings is 1. The minimum Gasteiger partial charge on any atom is -0.346 e. The zero-order valence-corrected chi connectivity index (χ0v) is 15.6. The number of amides is 2. The lowest BCUT2D eigenvalue weighted by Gasteiger charge is -2.08. The van der Waals surface area contributed by atoms with E-state index < -0.39 is 41.5 Å². The predicted molar refractivity (Wildman–Crippen MR) is 99.8 cm³/mol. The van der Waals surface area contributed by atoms with E-state index in [-0.39, 0.29) is 5.75 Å². The Morgan fingerprint density at radius 2 is 1.89 bits per heavy atom. The van der Waals surface area contributed by atoms with E-state index in [1.54, 1.807) is 18.2 Å². The number of nitrogens with one attached hydrogen (secondary N) is 3. The van der Waals surface area contributed by atoms with Crippen molar-refractivity contribution < 1.29 is 22.8 Å². The van der Waals surface area contributed by atoms with E-state index in [0.717, 1.165) is 23.3 Å². The van der Waals surface area contributed by atoms with Crippen molar-refractivity contribution in [2.45, 2.75) is 5.16 Å². The second-order valence-corrected chi connectivity index (χ2v) is 6.94. The number of thioether (sulfide) groups is 1. The number of anilines is 1. The van der Waals surface area contributed by atoms with Gasteiger partial charge in [0, 0.05) is 5.02 Å². The minimum absolute atomic E-state index is 0.0274. The van der Waals surface area contributed by atoms with E-state index in [1.807, 2.05) is 0 Å². The van der Waals surface area contributed by atoms with Crippen LogP contribution in [0.4, 0.5) is 18.9 Å². The molecule has 3 N–H and O–H groups in total. The molecular formula is C17H12ClF3N4O2S. The van der Waals surface area contributed by atoms with E-state index in [4.69, 9.17) is 11.6 Å². The lowest BCUT2D eigenvalue weighted by Crippen LogP contribution is -2.34. The molecule has 1 heterocycles. The molecule has 11 heteroatoms. The van der Waals surface area contributed by atoms with Crippen molar-refractivity contribution >= 4 is 51.9 Å². The maximum atomic E-state index is 13.5. The van der Waals surface area contributed by atoms with Crippen molar-refractivity contribution in [3.05, 3.63) is 52.8 Å². The molecule has 0 aliphatic rings. The molecule has 2 aromatic carbocycles. The molecule has 3 rings (SSSR count). The summed E-state index contributed by atoms with van der Waals surface area (Å²) in [5, 5.41) is 5.44. The smallest absolute Gasteiger partial charge is 0.243 e. The molecule has 0 atom stereocenters. The van der Waals surface area contributed by atoms with Crippen LogP contribution in [0.3, 0.4) is 0 Å². The zero-order chi connectivity index (χ0) is 20.3. The SMILES string of the molecule is O=C(CSc1nc2ccc(Cl)cc2[nH]1)NCC(=O)Nc1ccc(F)c(F)c1F. The fraction of sp³-hybridized carbons (Fsp3) is 0.118. The number of aromatic nitrogens is 2. The topological polar surface area (TPSA) is 86.9 Å². The van der Waals surface area contributed by atoms with Gasteiger partial charge in [0.2, 0.25) is 11.8 Å². The van der Waals surface area contributed by atoms with Crippen LogP contribution < -0.4 is 10.6 Å². The maximum absolute atomic E-state index is 13.5. The highest BCUT2D eigenvalue weighted by atomic mass is 35.5. The van der Waals surface area contributed by atoms with Crippen LogP contribution in [0.2, 0.25) is 5.02 Å². The summed E-state index contributed by atoms with van der Waals surface area (Å²) in [6.45, 7) is -0.465. The van der Waals surface area contributed by atoms with Crippen molar-refractivity contribution in [2.75, 3.05) is 17.6 Å². The van der Waals surface area contributed by atoms with E-state index >= 15 is 0 Å². The third-order valence-corrected chi connectivity index (χ3v) is 4.63. The fourth-order valence-electron chi connectivity index (χ4n) is 2.21. The number of fused-ring (bicyclic) bond motifs is 1. The van der Waals surface area contributed by atoms with Gasteiger partial charge >= 0.3 is 0 Å². The molecule has 6 nitrogen and oxygen atoms in total. The number of carbonyl (C=O) groups excluding carboxylic acids is 2. The number of H-pyrrole nitrogens is 1. The van der Waals surface area contributed by atoms with Gasteiger partial charge in [-0.05, 0) is 30.3 Å². The molecular weight excluding hydrogens is 417 g/mol. The molecule has 0 saturated heterocycles. The molecule has 0 radical (unpaired) electrons. The number of halogens is 4. The van der Waals surface area contributed by atoms with Gasteiger partial charge in [-0.1, -0.05) is 23.4 Å². The molecule has 0 saturated carbocycles. The van der Waals surface area contributed by atoms with Crippen LogP contribution in [0.25, 0.3) is 11.0 Å². The predicted octanol–water partition coefficient (Wildman–Crippen LogP) is 3.48. The number of carbonyl (C=O) groups is 2. The van der Waals surface area contributed by atoms with E-state index in [2.05, 4.69) is 20.6 Å². The first-order valence-electron chi connectivity index (χ1n) is 7.81. The van der Waals surface area contributed by atoms with Gasteiger partial charge in [0.1, 0.15) is 0 Å². The summed E-state index contributed by atoms with van der Waals surface area (Å²) >= 11 is 7.01. The molecule has 3 aromatic rings. The Kier molecular flexibility index (Phi) is 6.10. The van der Waals surface area contributed by atoms with Crippen LogP contribution in [0.1, 0.15) is 0 Å². The van der Waals surface area contributed by atoms with Gasteiger partial charge in [0.15, 0.2) is 22.6 Å². The third-order valence-electron chi connectivity index (χ3n) is 3.52. The summed E-state index contributed by atoms with van der Waals surface area (Å²) in [4.78, 5) is 30.9. The number of nitrogens with zero attached hydrogens (tertiary/aromatic N) is 1. The van der Waals surface area contributed by atoms with E-state index in [0.29, 0.717) is 21.8 Å². The van der Waals surface area contributed by atoms with Crippen molar-refractivity contribution in [2.24, 2.45) is 0 Å². The molecule has 0 bridgehead atoms. The first kappa shape index (κ1) is 20.0. The van der Waals surface area contributed by atoms with Crippen LogP contribution in [-0.2, 0) is 9.59 Å². The standard InChI is InChI=1S/C17H12ClF3N4O2S/c18-8-1-3-10-12(5-8)25-17(24-10)28-7-14(27)22-6-13(26)23-11-4-2-9(19)15(20)16(11)21/h1-5H,6-7H2,(H,22,27)(H,23,26)(H,24,25). The number of aromatic amines is 1. The molecule has 0 unspecified atom stereocenters. The van der Waals surface area contributed by atoms with Gasteiger partial charge in [-0.25, -0.2) is 18.2 Å². The Morgan fingerprint density at radius 3 is 2.68 bits per heavy atom.